The van der Waals surface area contributed by atoms with Gasteiger partial charge in [-0.25, -0.2) is 8.42 Å². The van der Waals surface area contributed by atoms with Gasteiger partial charge in [-0.3, -0.25) is 0 Å². The van der Waals surface area contributed by atoms with E-state index in [-0.39, 0.29) is 17.8 Å². The van der Waals surface area contributed by atoms with E-state index in [0.717, 1.165) is 23.5 Å². The Morgan fingerprint density at radius 1 is 1.35 bits per heavy atom. The van der Waals surface area contributed by atoms with Crippen molar-refractivity contribution in [1.82, 2.24) is 5.32 Å². The van der Waals surface area contributed by atoms with Crippen molar-refractivity contribution < 1.29 is 17.9 Å². The number of benzene rings is 1. The van der Waals surface area contributed by atoms with Gasteiger partial charge in [0.15, 0.2) is 9.84 Å². The second-order valence-corrected chi connectivity index (χ2v) is 7.59. The summed E-state index contributed by atoms with van der Waals surface area (Å²) < 4.78 is 34.0. The monoisotopic (exact) mass is 297 g/mol. The zero-order valence-corrected chi connectivity index (χ0v) is 12.3. The van der Waals surface area contributed by atoms with Gasteiger partial charge in [-0.2, -0.15) is 0 Å². The molecule has 1 N–H and O–H groups in total. The summed E-state index contributed by atoms with van der Waals surface area (Å²) in [7, 11) is -1.22. The third-order valence-corrected chi connectivity index (χ3v) is 5.69. The maximum atomic E-state index is 11.5. The minimum Gasteiger partial charge on any atom is -0.497 e. The van der Waals surface area contributed by atoms with Crippen LogP contribution in [0.3, 0.4) is 0 Å². The van der Waals surface area contributed by atoms with Gasteiger partial charge < -0.3 is 14.8 Å². The van der Waals surface area contributed by atoms with Crippen LogP contribution in [0.15, 0.2) is 18.2 Å². The predicted octanol–water partition coefficient (Wildman–Crippen LogP) is 1.30. The van der Waals surface area contributed by atoms with Crippen LogP contribution in [-0.2, 0) is 9.84 Å². The van der Waals surface area contributed by atoms with Gasteiger partial charge in [0.05, 0.1) is 25.2 Å². The Bertz CT molecular complexity index is 599. The molecular formula is C14H19NO4S. The lowest BCUT2D eigenvalue weighted by Crippen LogP contribution is -2.36. The highest BCUT2D eigenvalue weighted by Gasteiger charge is 2.31. The second kappa shape index (κ2) is 5.26. The summed E-state index contributed by atoms with van der Waals surface area (Å²) in [5, 5.41) is 3.47. The summed E-state index contributed by atoms with van der Waals surface area (Å²) >= 11 is 0. The molecule has 0 spiro atoms. The quantitative estimate of drug-likeness (QED) is 0.911. The topological polar surface area (TPSA) is 64.6 Å². The van der Waals surface area contributed by atoms with Crippen LogP contribution in [0.4, 0.5) is 0 Å². The smallest absolute Gasteiger partial charge is 0.151 e. The lowest BCUT2D eigenvalue weighted by Gasteiger charge is -2.29. The number of sulfone groups is 1. The fraction of sp³-hybridized carbons (Fsp3) is 0.571. The van der Waals surface area contributed by atoms with Gasteiger partial charge in [-0.05, 0) is 24.6 Å². The summed E-state index contributed by atoms with van der Waals surface area (Å²) in [4.78, 5) is 0. The fourth-order valence-corrected chi connectivity index (χ4v) is 4.57. The van der Waals surface area contributed by atoms with E-state index in [9.17, 15) is 8.42 Å². The third kappa shape index (κ3) is 2.76. The molecule has 2 aliphatic heterocycles. The summed E-state index contributed by atoms with van der Waals surface area (Å²) in [5.41, 5.74) is 1.06. The molecule has 0 bridgehead atoms. The molecule has 2 atom stereocenters. The molecule has 3 rings (SSSR count). The first-order valence-electron chi connectivity index (χ1n) is 6.84. The summed E-state index contributed by atoms with van der Waals surface area (Å²) in [6, 6.07) is 5.93. The Kier molecular flexibility index (Phi) is 3.60. The molecule has 2 unspecified atom stereocenters. The molecular weight excluding hydrogens is 278 g/mol. The highest BCUT2D eigenvalue weighted by atomic mass is 32.2. The Hall–Kier alpha value is -1.27. The van der Waals surface area contributed by atoms with Gasteiger partial charge >= 0.3 is 0 Å². The first kappa shape index (κ1) is 13.7. The average Bonchev–Trinajstić information content (AvgIpc) is 2.78. The molecule has 20 heavy (non-hydrogen) atoms. The summed E-state index contributed by atoms with van der Waals surface area (Å²) in [6.45, 7) is 0.649. The van der Waals surface area contributed by atoms with Crippen molar-refractivity contribution in [2.75, 3.05) is 25.2 Å². The third-order valence-electron chi connectivity index (χ3n) is 3.93. The van der Waals surface area contributed by atoms with Crippen LogP contribution < -0.4 is 14.8 Å². The van der Waals surface area contributed by atoms with Crippen molar-refractivity contribution in [3.63, 3.8) is 0 Å². The molecule has 6 heteroatoms. The van der Waals surface area contributed by atoms with Crippen molar-refractivity contribution >= 4 is 9.84 Å². The Morgan fingerprint density at radius 2 is 2.20 bits per heavy atom. The van der Waals surface area contributed by atoms with E-state index in [1.54, 1.807) is 7.11 Å². The van der Waals surface area contributed by atoms with E-state index in [1.807, 2.05) is 18.2 Å². The lowest BCUT2D eigenvalue weighted by molar-refractivity contribution is 0.245. The molecule has 1 aromatic carbocycles. The van der Waals surface area contributed by atoms with E-state index < -0.39 is 9.84 Å². The number of methoxy groups -OCH3 is 1. The van der Waals surface area contributed by atoms with Crippen LogP contribution in [0.5, 0.6) is 11.5 Å². The van der Waals surface area contributed by atoms with Crippen molar-refractivity contribution in [1.29, 1.82) is 0 Å². The van der Waals surface area contributed by atoms with Crippen LogP contribution in [0.1, 0.15) is 24.4 Å². The zero-order chi connectivity index (χ0) is 14.2. The minimum atomic E-state index is -2.85. The van der Waals surface area contributed by atoms with Gasteiger partial charge in [0, 0.05) is 24.1 Å². The molecule has 5 nitrogen and oxygen atoms in total. The second-order valence-electron chi connectivity index (χ2n) is 5.36. The van der Waals surface area contributed by atoms with E-state index in [2.05, 4.69) is 5.32 Å². The van der Waals surface area contributed by atoms with E-state index in [1.165, 1.54) is 0 Å². The molecule has 2 heterocycles. The van der Waals surface area contributed by atoms with Crippen molar-refractivity contribution in [3.05, 3.63) is 23.8 Å². The number of rotatable bonds is 3. The molecule has 1 saturated heterocycles. The molecule has 0 radical (unpaired) electrons. The molecule has 0 amide bonds. The Labute approximate surface area is 119 Å². The van der Waals surface area contributed by atoms with Crippen molar-refractivity contribution in [2.24, 2.45) is 0 Å². The van der Waals surface area contributed by atoms with Gasteiger partial charge in [-0.1, -0.05) is 0 Å². The lowest BCUT2D eigenvalue weighted by atomic mass is 9.99. The Morgan fingerprint density at radius 3 is 2.90 bits per heavy atom. The number of ether oxygens (including phenoxy) is 2. The maximum absolute atomic E-state index is 11.5. The van der Waals surface area contributed by atoms with Gasteiger partial charge in [-0.15, -0.1) is 0 Å². The number of fused-ring (bicyclic) bond motifs is 1. The number of hydrogen-bond acceptors (Lipinski definition) is 5. The maximum Gasteiger partial charge on any atom is 0.151 e. The van der Waals surface area contributed by atoms with E-state index in [0.29, 0.717) is 18.8 Å². The number of nitrogens with one attached hydrogen (secondary N) is 1. The van der Waals surface area contributed by atoms with E-state index in [4.69, 9.17) is 9.47 Å². The van der Waals surface area contributed by atoms with Crippen LogP contribution in [-0.4, -0.2) is 39.7 Å². The van der Waals surface area contributed by atoms with Crippen LogP contribution in [0.25, 0.3) is 0 Å². The average molecular weight is 297 g/mol. The summed E-state index contributed by atoms with van der Waals surface area (Å²) in [6.07, 6.45) is 1.54. The number of hydrogen-bond donors (Lipinski definition) is 1. The van der Waals surface area contributed by atoms with E-state index >= 15 is 0 Å². The molecule has 2 aliphatic rings. The molecule has 0 saturated carbocycles. The largest absolute Gasteiger partial charge is 0.497 e. The highest BCUT2D eigenvalue weighted by Crippen LogP contribution is 2.35. The molecule has 0 aliphatic carbocycles. The standard InChI is InChI=1S/C14H19NO4S/c1-18-11-2-3-14-12(8-11)13(4-6-19-14)15-10-5-7-20(16,17)9-10/h2-3,8,10,13,15H,4-7,9H2,1H3. The van der Waals surface area contributed by atoms with Crippen molar-refractivity contribution in [2.45, 2.75) is 24.9 Å². The SMILES string of the molecule is COc1ccc2c(c1)C(NC1CCS(=O)(=O)C1)CCO2. The zero-order valence-electron chi connectivity index (χ0n) is 11.5. The molecule has 0 aromatic heterocycles. The minimum absolute atomic E-state index is 0.0437. The van der Waals surface area contributed by atoms with Gasteiger partial charge in [0.2, 0.25) is 0 Å². The van der Waals surface area contributed by atoms with Crippen LogP contribution >= 0.6 is 0 Å². The summed E-state index contributed by atoms with van der Waals surface area (Å²) in [5.74, 6) is 2.18. The normalized spacial score (nSPS) is 27.6. The molecule has 1 aromatic rings. The van der Waals surface area contributed by atoms with Crippen LogP contribution in [0.2, 0.25) is 0 Å². The Balaban J connectivity index is 1.79. The predicted molar refractivity (Wildman–Crippen MR) is 76.0 cm³/mol. The first-order chi connectivity index (χ1) is 9.57. The molecule has 1 fully saturated rings. The molecule has 110 valence electrons. The van der Waals surface area contributed by atoms with Gasteiger partial charge in [0.25, 0.3) is 0 Å². The fourth-order valence-electron chi connectivity index (χ4n) is 2.88. The van der Waals surface area contributed by atoms with Crippen molar-refractivity contribution in [3.8, 4) is 11.5 Å². The van der Waals surface area contributed by atoms with Gasteiger partial charge in [0.1, 0.15) is 11.5 Å². The highest BCUT2D eigenvalue weighted by molar-refractivity contribution is 7.91. The first-order valence-corrected chi connectivity index (χ1v) is 8.67. The van der Waals surface area contributed by atoms with Crippen LogP contribution in [0, 0.1) is 0 Å².